The van der Waals surface area contributed by atoms with Gasteiger partial charge in [-0.1, -0.05) is 0 Å². The Kier molecular flexibility index (Phi) is 12.1. The number of ether oxygens (including phenoxy) is 6. The van der Waals surface area contributed by atoms with Gasteiger partial charge in [-0.05, 0) is 18.8 Å². The van der Waals surface area contributed by atoms with Crippen LogP contribution in [0.3, 0.4) is 0 Å². The summed E-state index contributed by atoms with van der Waals surface area (Å²) in [5.41, 5.74) is 5.14. The summed E-state index contributed by atoms with van der Waals surface area (Å²) in [5, 5.41) is 21.2. The number of carbonyl (C=O) groups excluding carboxylic acids is 1. The third-order valence-electron chi connectivity index (χ3n) is 8.26. The summed E-state index contributed by atoms with van der Waals surface area (Å²) < 4.78 is 62.2. The lowest BCUT2D eigenvalue weighted by Crippen LogP contribution is -2.41. The normalized spacial score (nSPS) is 27.5. The van der Waals surface area contributed by atoms with Crippen molar-refractivity contribution in [2.75, 3.05) is 51.8 Å². The number of anilines is 1. The van der Waals surface area contributed by atoms with Crippen LogP contribution < -0.4 is 17.0 Å². The zero-order valence-corrected chi connectivity index (χ0v) is 29.0. The van der Waals surface area contributed by atoms with Crippen LogP contribution in [-0.2, 0) is 42.0 Å². The number of aliphatic hydroxyl groups excluding tert-OH is 2. The highest BCUT2D eigenvalue weighted by molar-refractivity contribution is 8.55. The molecule has 0 amide bonds. The third kappa shape index (κ3) is 8.96. The van der Waals surface area contributed by atoms with E-state index in [4.69, 9.17) is 43.2 Å². The highest BCUT2D eigenvalue weighted by Gasteiger charge is 2.51. The average molecular weight is 760 g/mol. The maximum atomic E-state index is 14.5. The van der Waals surface area contributed by atoms with Crippen LogP contribution in [0.15, 0.2) is 34.5 Å². The second-order valence-electron chi connectivity index (χ2n) is 11.8. The van der Waals surface area contributed by atoms with Crippen molar-refractivity contribution >= 4 is 41.3 Å². The maximum Gasteiger partial charge on any atom is 0.509 e. The first-order valence-corrected chi connectivity index (χ1v) is 19.0. The predicted molar refractivity (Wildman–Crippen MR) is 174 cm³/mol. The minimum atomic E-state index is -4.43. The lowest BCUT2D eigenvalue weighted by atomic mass is 10.1. The molecule has 21 nitrogen and oxygen atoms in total. The number of nitrogens with zero attached hydrogens (tertiary/aromatic N) is 5. The molecule has 1 unspecified atom stereocenters. The zero-order valence-electron chi connectivity index (χ0n) is 27.3. The van der Waals surface area contributed by atoms with Crippen molar-refractivity contribution in [1.82, 2.24) is 29.1 Å². The van der Waals surface area contributed by atoms with Gasteiger partial charge in [0.05, 0.1) is 45.5 Å². The van der Waals surface area contributed by atoms with Crippen LogP contribution >= 0.6 is 18.2 Å². The number of nitrogen functional groups attached to an aromatic ring is 1. The van der Waals surface area contributed by atoms with Crippen LogP contribution in [0, 0.1) is 5.92 Å². The number of imidazole rings is 1. The van der Waals surface area contributed by atoms with E-state index in [1.807, 2.05) is 0 Å². The lowest BCUT2D eigenvalue weighted by Gasteiger charge is -2.28. The Hall–Kier alpha value is -3.44. The van der Waals surface area contributed by atoms with E-state index in [0.717, 1.165) is 23.5 Å². The van der Waals surface area contributed by atoms with Crippen molar-refractivity contribution in [1.29, 1.82) is 0 Å². The van der Waals surface area contributed by atoms with Gasteiger partial charge < -0.3 is 44.4 Å². The van der Waals surface area contributed by atoms with Crippen molar-refractivity contribution in [3.63, 3.8) is 0 Å². The molecule has 6 rings (SSSR count). The largest absolute Gasteiger partial charge is 0.509 e. The minimum absolute atomic E-state index is 0.0334. The number of aromatic nitrogens is 6. The molecule has 280 valence electrons. The number of aromatic amines is 1. The standard InChI is InChI=1S/C28H38N7O14PS/c1-42-6-7-43-23-22(17(9-36)48-26(23)34-5-4-19(38)33-27(34)39)49-50(41,51-14-45-28(40)44-10-15-2-3-15)46-11-18-16(37)8-20(47-18)35-13-32-21-24(29)30-12-31-25(21)35/h4-5,12-13,15-18,20,22-23,26,36-37H,2-3,6-11,14H2,1H3,(H2,29,30,31)(H,33,38,39)/t16-,17+,18+,20+,22+,23+,26+,50?/m0/s1. The SMILES string of the molecule is COCCO[C@@H]1[C@H](OP(=O)(OC[C@H]2O[C@@H](n3cnc4c(N)ncnc43)C[C@@H]2O)SCOC(=O)OCC2CC2)[C@@H](CO)O[C@H]1n1ccc(=O)[nH]c1=O. The number of rotatable bonds is 17. The molecule has 1 aliphatic carbocycles. The van der Waals surface area contributed by atoms with Crippen LogP contribution in [0.5, 0.6) is 0 Å². The third-order valence-corrected chi connectivity index (χ3v) is 11.6. The molecule has 0 aromatic carbocycles. The fourth-order valence-electron chi connectivity index (χ4n) is 5.46. The van der Waals surface area contributed by atoms with Crippen LogP contribution in [0.1, 0.15) is 31.7 Å². The summed E-state index contributed by atoms with van der Waals surface area (Å²) in [7, 11) is 1.44. The summed E-state index contributed by atoms with van der Waals surface area (Å²) in [4.78, 5) is 51.1. The van der Waals surface area contributed by atoms with Gasteiger partial charge in [0.1, 0.15) is 42.5 Å². The van der Waals surface area contributed by atoms with E-state index in [9.17, 15) is 29.2 Å². The Morgan fingerprint density at radius 3 is 2.69 bits per heavy atom. The quantitative estimate of drug-likeness (QED) is 0.0623. The van der Waals surface area contributed by atoms with Crippen LogP contribution in [0.2, 0.25) is 0 Å². The Balaban J connectivity index is 1.20. The molecular formula is C28H38N7O14PS. The first-order chi connectivity index (χ1) is 24.6. The van der Waals surface area contributed by atoms with Gasteiger partial charge in [0.15, 0.2) is 23.6 Å². The minimum Gasteiger partial charge on any atom is -0.434 e. The van der Waals surface area contributed by atoms with Crippen LogP contribution in [0.25, 0.3) is 11.2 Å². The monoisotopic (exact) mass is 759 g/mol. The summed E-state index contributed by atoms with van der Waals surface area (Å²) >= 11 is 0.492. The molecule has 51 heavy (non-hydrogen) atoms. The van der Waals surface area contributed by atoms with Gasteiger partial charge in [0.2, 0.25) is 0 Å². The number of hydrogen-bond donors (Lipinski definition) is 4. The second-order valence-corrected chi connectivity index (χ2v) is 15.8. The Labute approximate surface area is 292 Å². The van der Waals surface area contributed by atoms with E-state index in [-0.39, 0.29) is 38.0 Å². The van der Waals surface area contributed by atoms with Crippen molar-refractivity contribution < 1.29 is 57.0 Å². The fourth-order valence-corrected chi connectivity index (χ4v) is 8.25. The number of aliphatic hydroxyl groups is 2. The number of H-pyrrole nitrogens is 1. The predicted octanol–water partition coefficient (Wildman–Crippen LogP) is 0.292. The average Bonchev–Trinajstić information content (AvgIpc) is 3.57. The summed E-state index contributed by atoms with van der Waals surface area (Å²) in [6.07, 6.45) is -3.00. The van der Waals surface area contributed by atoms with Crippen molar-refractivity contribution in [2.45, 2.75) is 62.2 Å². The first-order valence-electron chi connectivity index (χ1n) is 15.9. The molecule has 5 heterocycles. The van der Waals surface area contributed by atoms with Gasteiger partial charge >= 0.3 is 18.6 Å². The molecule has 3 aromatic heterocycles. The number of hydrogen-bond acceptors (Lipinski definition) is 19. The molecule has 2 aliphatic heterocycles. The Morgan fingerprint density at radius 2 is 1.94 bits per heavy atom. The Morgan fingerprint density at radius 1 is 1.12 bits per heavy atom. The topological polar surface area (TPSA) is 273 Å². The molecule has 23 heteroatoms. The highest BCUT2D eigenvalue weighted by atomic mass is 32.7. The Bertz CT molecular complexity index is 1820. The highest BCUT2D eigenvalue weighted by Crippen LogP contribution is 2.63. The number of nitrogens with one attached hydrogen (secondary N) is 1. The van der Waals surface area contributed by atoms with Crippen LogP contribution in [-0.4, -0.2) is 122 Å². The van der Waals surface area contributed by atoms with Crippen molar-refractivity contribution in [2.24, 2.45) is 5.92 Å². The molecule has 3 aromatic rings. The molecule has 0 bridgehead atoms. The summed E-state index contributed by atoms with van der Waals surface area (Å²) in [6.45, 7) is -5.29. The zero-order chi connectivity index (χ0) is 36.1. The smallest absolute Gasteiger partial charge is 0.434 e. The number of nitrogens with two attached hydrogens (primary N) is 1. The van der Waals surface area contributed by atoms with Gasteiger partial charge in [-0.15, -0.1) is 0 Å². The second kappa shape index (κ2) is 16.5. The van der Waals surface area contributed by atoms with Gasteiger partial charge in [-0.25, -0.2) is 29.1 Å². The van der Waals surface area contributed by atoms with Gasteiger partial charge in [0, 0.05) is 37.2 Å². The molecule has 5 N–H and O–H groups in total. The van der Waals surface area contributed by atoms with Gasteiger partial charge in [-0.2, -0.15) is 0 Å². The van der Waals surface area contributed by atoms with Crippen molar-refractivity contribution in [3.8, 4) is 0 Å². The molecule has 3 fully saturated rings. The van der Waals surface area contributed by atoms with Crippen molar-refractivity contribution in [3.05, 3.63) is 45.8 Å². The molecule has 3 aliphatic rings. The van der Waals surface area contributed by atoms with Gasteiger partial charge in [0.25, 0.3) is 5.56 Å². The van der Waals surface area contributed by atoms with E-state index in [0.29, 0.717) is 22.5 Å². The van der Waals surface area contributed by atoms with E-state index in [2.05, 4.69) is 19.9 Å². The molecule has 0 spiro atoms. The number of methoxy groups -OCH3 is 1. The maximum absolute atomic E-state index is 14.5. The lowest BCUT2D eigenvalue weighted by molar-refractivity contribution is -0.0814. The fraction of sp³-hybridized carbons (Fsp3) is 0.643. The molecule has 0 radical (unpaired) electrons. The van der Waals surface area contributed by atoms with Crippen LogP contribution in [0.4, 0.5) is 10.6 Å². The molecule has 2 saturated heterocycles. The summed E-state index contributed by atoms with van der Waals surface area (Å²) in [6, 6.07) is 1.09. The number of carbonyl (C=O) groups is 1. The van der Waals surface area contributed by atoms with E-state index in [1.54, 1.807) is 4.57 Å². The van der Waals surface area contributed by atoms with E-state index < -0.39 is 86.3 Å². The summed E-state index contributed by atoms with van der Waals surface area (Å²) in [5.74, 6) is -0.0831. The molecular weight excluding hydrogens is 721 g/mol. The van der Waals surface area contributed by atoms with Gasteiger partial charge in [-0.3, -0.25) is 28.0 Å². The first kappa shape index (κ1) is 37.3. The molecule has 8 atom stereocenters. The van der Waals surface area contributed by atoms with E-state index >= 15 is 0 Å². The molecule has 1 saturated carbocycles. The number of fused-ring (bicyclic) bond motifs is 1. The van der Waals surface area contributed by atoms with E-state index in [1.165, 1.54) is 26.0 Å².